The summed E-state index contributed by atoms with van der Waals surface area (Å²) in [4.78, 5) is 24.5. The van der Waals surface area contributed by atoms with Crippen LogP contribution in [0, 0.1) is 11.7 Å². The van der Waals surface area contributed by atoms with Gasteiger partial charge in [-0.05, 0) is 47.0 Å². The minimum Gasteiger partial charge on any atom is -0.481 e. The first kappa shape index (κ1) is 14.8. The van der Waals surface area contributed by atoms with E-state index in [4.69, 9.17) is 5.11 Å². The van der Waals surface area contributed by atoms with Crippen LogP contribution in [-0.2, 0) is 4.79 Å². The van der Waals surface area contributed by atoms with Gasteiger partial charge in [0.05, 0.1) is 11.6 Å². The van der Waals surface area contributed by atoms with Crippen LogP contribution in [0.1, 0.15) is 12.8 Å². The molecule has 2 N–H and O–H groups in total. The van der Waals surface area contributed by atoms with Crippen molar-refractivity contribution < 1.29 is 19.1 Å². The zero-order chi connectivity index (χ0) is 14.7. The maximum absolute atomic E-state index is 13.0. The minimum atomic E-state index is -0.884. The number of piperidine rings is 1. The van der Waals surface area contributed by atoms with E-state index in [0.29, 0.717) is 29.5 Å². The molecule has 1 aliphatic rings. The molecule has 1 unspecified atom stereocenters. The molecule has 5 nitrogen and oxygen atoms in total. The topological polar surface area (TPSA) is 69.6 Å². The largest absolute Gasteiger partial charge is 0.481 e. The van der Waals surface area contributed by atoms with Gasteiger partial charge in [0.15, 0.2) is 0 Å². The maximum atomic E-state index is 13.0. The van der Waals surface area contributed by atoms with E-state index in [1.807, 2.05) is 0 Å². The van der Waals surface area contributed by atoms with Crippen LogP contribution < -0.4 is 5.32 Å². The number of hydrogen-bond donors (Lipinski definition) is 2. The molecule has 1 saturated heterocycles. The number of carbonyl (C=O) groups excluding carboxylic acids is 1. The number of urea groups is 1. The summed E-state index contributed by atoms with van der Waals surface area (Å²) in [5.41, 5.74) is 0.453. The van der Waals surface area contributed by atoms with Gasteiger partial charge in [0.1, 0.15) is 5.82 Å². The highest BCUT2D eigenvalue weighted by Gasteiger charge is 2.28. The first-order chi connectivity index (χ1) is 9.47. The van der Waals surface area contributed by atoms with Gasteiger partial charge < -0.3 is 15.3 Å². The summed E-state index contributed by atoms with van der Waals surface area (Å²) in [6.07, 6.45) is 1.24. The molecule has 1 fully saturated rings. The molecule has 108 valence electrons. The Kier molecular flexibility index (Phi) is 4.59. The van der Waals surface area contributed by atoms with Crippen molar-refractivity contribution in [2.45, 2.75) is 12.8 Å². The van der Waals surface area contributed by atoms with Crippen LogP contribution in [0.5, 0.6) is 0 Å². The van der Waals surface area contributed by atoms with Crippen LogP contribution in [0.25, 0.3) is 0 Å². The van der Waals surface area contributed by atoms with Gasteiger partial charge in [-0.25, -0.2) is 9.18 Å². The molecule has 20 heavy (non-hydrogen) atoms. The molecule has 1 atom stereocenters. The van der Waals surface area contributed by atoms with E-state index in [2.05, 4.69) is 21.2 Å². The number of nitrogens with one attached hydrogen (secondary N) is 1. The number of carbonyl (C=O) groups is 2. The molecule has 1 aromatic rings. The molecule has 2 rings (SSSR count). The molecule has 1 aliphatic heterocycles. The number of anilines is 1. The van der Waals surface area contributed by atoms with Gasteiger partial charge in [-0.1, -0.05) is 0 Å². The van der Waals surface area contributed by atoms with Crippen LogP contribution in [0.15, 0.2) is 22.7 Å². The summed E-state index contributed by atoms with van der Waals surface area (Å²) >= 11 is 3.17. The smallest absolute Gasteiger partial charge is 0.321 e. The van der Waals surface area contributed by atoms with Crippen molar-refractivity contribution >= 4 is 33.6 Å². The zero-order valence-corrected chi connectivity index (χ0v) is 12.2. The van der Waals surface area contributed by atoms with Crippen LogP contribution in [0.4, 0.5) is 14.9 Å². The summed E-state index contributed by atoms with van der Waals surface area (Å²) < 4.78 is 13.4. The summed E-state index contributed by atoms with van der Waals surface area (Å²) in [5.74, 6) is -1.81. The number of halogens is 2. The Morgan fingerprint density at radius 2 is 2.20 bits per heavy atom. The molecule has 0 bridgehead atoms. The lowest BCUT2D eigenvalue weighted by molar-refractivity contribution is -0.143. The number of carboxylic acid groups (broad SMARTS) is 1. The fourth-order valence-corrected chi connectivity index (χ4v) is 2.60. The maximum Gasteiger partial charge on any atom is 0.321 e. The van der Waals surface area contributed by atoms with Gasteiger partial charge >= 0.3 is 12.0 Å². The zero-order valence-electron chi connectivity index (χ0n) is 10.6. The summed E-state index contributed by atoms with van der Waals surface area (Å²) in [5, 5.41) is 11.6. The van der Waals surface area contributed by atoms with Crippen molar-refractivity contribution in [3.63, 3.8) is 0 Å². The third-order valence-corrected chi connectivity index (χ3v) is 3.89. The molecule has 0 aromatic heterocycles. The second kappa shape index (κ2) is 6.21. The van der Waals surface area contributed by atoms with E-state index in [1.54, 1.807) is 0 Å². The molecule has 1 aromatic carbocycles. The molecular formula is C13H14BrFN2O3. The highest BCUT2D eigenvalue weighted by molar-refractivity contribution is 9.10. The highest BCUT2D eigenvalue weighted by atomic mass is 79.9. The predicted octanol–water partition coefficient (Wildman–Crippen LogP) is 2.92. The fourth-order valence-electron chi connectivity index (χ4n) is 2.15. The molecule has 2 amide bonds. The van der Waals surface area contributed by atoms with Gasteiger partial charge in [0, 0.05) is 17.6 Å². The van der Waals surface area contributed by atoms with Crippen molar-refractivity contribution in [1.82, 2.24) is 4.90 Å². The monoisotopic (exact) mass is 344 g/mol. The van der Waals surface area contributed by atoms with E-state index in [9.17, 15) is 14.0 Å². The van der Waals surface area contributed by atoms with Crippen molar-refractivity contribution in [3.8, 4) is 0 Å². The highest BCUT2D eigenvalue weighted by Crippen LogP contribution is 2.24. The summed E-state index contributed by atoms with van der Waals surface area (Å²) in [6, 6.07) is 3.58. The van der Waals surface area contributed by atoms with Crippen LogP contribution >= 0.6 is 15.9 Å². The normalized spacial score (nSPS) is 18.7. The molecule has 1 heterocycles. The van der Waals surface area contributed by atoms with E-state index in [-0.39, 0.29) is 12.6 Å². The lowest BCUT2D eigenvalue weighted by Gasteiger charge is -2.30. The second-order valence-corrected chi connectivity index (χ2v) is 5.53. The number of hydrogen-bond acceptors (Lipinski definition) is 2. The minimum absolute atomic E-state index is 0.194. The Balaban J connectivity index is 2.02. The molecule has 7 heteroatoms. The van der Waals surface area contributed by atoms with Gasteiger partial charge in [-0.15, -0.1) is 0 Å². The number of amides is 2. The molecule has 0 aliphatic carbocycles. The number of rotatable bonds is 2. The Morgan fingerprint density at radius 1 is 1.45 bits per heavy atom. The summed E-state index contributed by atoms with van der Waals surface area (Å²) in [6.45, 7) is 0.717. The number of benzene rings is 1. The first-order valence-corrected chi connectivity index (χ1v) is 7.00. The number of nitrogens with zero attached hydrogens (tertiary/aromatic N) is 1. The molecule has 0 radical (unpaired) electrons. The van der Waals surface area contributed by atoms with Gasteiger partial charge in [-0.2, -0.15) is 0 Å². The Hall–Kier alpha value is -1.63. The van der Waals surface area contributed by atoms with E-state index < -0.39 is 17.7 Å². The summed E-state index contributed by atoms with van der Waals surface area (Å²) in [7, 11) is 0. The van der Waals surface area contributed by atoms with Crippen LogP contribution in [0.2, 0.25) is 0 Å². The van der Waals surface area contributed by atoms with Crippen molar-refractivity contribution in [2.24, 2.45) is 5.92 Å². The van der Waals surface area contributed by atoms with E-state index in [0.717, 1.165) is 0 Å². The third kappa shape index (κ3) is 3.47. The number of likely N-dealkylation sites (tertiary alicyclic amines) is 1. The number of carboxylic acids is 1. The van der Waals surface area contributed by atoms with Crippen molar-refractivity contribution in [1.29, 1.82) is 0 Å². The quantitative estimate of drug-likeness (QED) is 0.866. The first-order valence-electron chi connectivity index (χ1n) is 6.21. The van der Waals surface area contributed by atoms with Crippen LogP contribution in [0.3, 0.4) is 0 Å². The van der Waals surface area contributed by atoms with Crippen molar-refractivity contribution in [3.05, 3.63) is 28.5 Å². The average molecular weight is 345 g/mol. The molecular weight excluding hydrogens is 331 g/mol. The second-order valence-electron chi connectivity index (χ2n) is 4.68. The van der Waals surface area contributed by atoms with Gasteiger partial charge in [-0.3, -0.25) is 4.79 Å². The van der Waals surface area contributed by atoms with Gasteiger partial charge in [0.2, 0.25) is 0 Å². The van der Waals surface area contributed by atoms with Gasteiger partial charge in [0.25, 0.3) is 0 Å². The predicted molar refractivity (Wildman–Crippen MR) is 75.1 cm³/mol. The van der Waals surface area contributed by atoms with E-state index >= 15 is 0 Å². The third-order valence-electron chi connectivity index (χ3n) is 3.23. The molecule has 0 spiro atoms. The Morgan fingerprint density at radius 3 is 2.85 bits per heavy atom. The Bertz CT molecular complexity index is 538. The Labute approximate surface area is 123 Å². The number of aliphatic carboxylic acids is 1. The van der Waals surface area contributed by atoms with Crippen molar-refractivity contribution in [2.75, 3.05) is 18.4 Å². The SMILES string of the molecule is O=C(O)C1CCCN(C(=O)Nc2ccc(F)cc2Br)C1. The van der Waals surface area contributed by atoms with E-state index in [1.165, 1.54) is 23.1 Å². The fraction of sp³-hybridized carbons (Fsp3) is 0.385. The lowest BCUT2D eigenvalue weighted by atomic mass is 9.99. The average Bonchev–Trinajstić information content (AvgIpc) is 2.42. The van der Waals surface area contributed by atoms with Crippen LogP contribution in [-0.4, -0.2) is 35.1 Å². The standard InChI is InChI=1S/C13H14BrFN2O3/c14-10-6-9(15)3-4-11(10)16-13(20)17-5-1-2-8(7-17)12(18)19/h3-4,6,8H,1-2,5,7H2,(H,16,20)(H,18,19). The lowest BCUT2D eigenvalue weighted by Crippen LogP contribution is -2.44. The molecule has 0 saturated carbocycles.